The van der Waals surface area contributed by atoms with E-state index < -0.39 is 11.2 Å². The van der Waals surface area contributed by atoms with E-state index in [1.54, 1.807) is 20.3 Å². The third kappa shape index (κ3) is 3.64. The molecule has 0 aliphatic heterocycles. The normalized spacial score (nSPS) is 10.5. The van der Waals surface area contributed by atoms with Crippen molar-refractivity contribution in [2.24, 2.45) is 7.05 Å². The second-order valence-electron chi connectivity index (χ2n) is 5.82. The van der Waals surface area contributed by atoms with Gasteiger partial charge in [-0.05, 0) is 35.4 Å². The molecule has 1 aromatic heterocycles. The van der Waals surface area contributed by atoms with Crippen LogP contribution in [0.2, 0.25) is 0 Å². The molecule has 0 spiro atoms. The van der Waals surface area contributed by atoms with E-state index in [9.17, 15) is 14.8 Å². The maximum atomic E-state index is 11.8. The Morgan fingerprint density at radius 2 is 1.48 bits per heavy atom. The third-order valence-corrected chi connectivity index (χ3v) is 4.14. The lowest BCUT2D eigenvalue weighted by Gasteiger charge is -2.12. The van der Waals surface area contributed by atoms with Crippen LogP contribution in [0.1, 0.15) is 0 Å². The van der Waals surface area contributed by atoms with Crippen molar-refractivity contribution in [3.05, 3.63) is 69.4 Å². The first kappa shape index (κ1) is 18.1. The van der Waals surface area contributed by atoms with Crippen molar-refractivity contribution in [2.75, 3.05) is 19.5 Å². The number of ether oxygens (including phenoxy) is 2. The van der Waals surface area contributed by atoms with Gasteiger partial charge < -0.3 is 20.0 Å². The summed E-state index contributed by atoms with van der Waals surface area (Å²) in [5.74, 6) is 1.64. The minimum Gasteiger partial charge on any atom is -0.497 e. The lowest BCUT2D eigenvalue weighted by atomic mass is 10.0. The van der Waals surface area contributed by atoms with E-state index in [0.29, 0.717) is 17.2 Å². The monoisotopic (exact) mass is 369 g/mol. The maximum Gasteiger partial charge on any atom is 0.365 e. The van der Waals surface area contributed by atoms with Gasteiger partial charge in [0.1, 0.15) is 17.3 Å². The quantitative estimate of drug-likeness (QED) is 0.670. The maximum absolute atomic E-state index is 11.8. The van der Waals surface area contributed by atoms with Gasteiger partial charge in [0.05, 0.1) is 14.2 Å². The van der Waals surface area contributed by atoms with Crippen molar-refractivity contribution in [1.82, 2.24) is 9.30 Å². The molecule has 3 rings (SSSR count). The van der Waals surface area contributed by atoms with E-state index in [0.717, 1.165) is 21.8 Å². The molecular weight excluding hydrogens is 350 g/mol. The molecule has 0 saturated heterocycles. The Balaban J connectivity index is 1.91. The fourth-order valence-electron chi connectivity index (χ4n) is 2.60. The summed E-state index contributed by atoms with van der Waals surface area (Å²) in [6.45, 7) is 0. The molecule has 0 atom stereocenters. The number of anilines is 2. The Labute approximate surface area is 154 Å². The molecule has 0 aliphatic rings. The lowest BCUT2D eigenvalue weighted by molar-refractivity contribution is 0.156. The van der Waals surface area contributed by atoms with Gasteiger partial charge in [0.2, 0.25) is 0 Å². The van der Waals surface area contributed by atoms with Gasteiger partial charge in [-0.25, -0.2) is 4.79 Å². The highest BCUT2D eigenvalue weighted by atomic mass is 16.5. The second-order valence-corrected chi connectivity index (χ2v) is 5.82. The van der Waals surface area contributed by atoms with Gasteiger partial charge in [0.15, 0.2) is 0 Å². The Bertz CT molecular complexity index is 1060. The summed E-state index contributed by atoms with van der Waals surface area (Å²) in [5, 5.41) is 12.3. The number of hydrogen-bond acceptors (Lipinski definition) is 6. The summed E-state index contributed by atoms with van der Waals surface area (Å²) in [6.07, 6.45) is 0. The van der Waals surface area contributed by atoms with Crippen LogP contribution in [-0.2, 0) is 7.05 Å². The van der Waals surface area contributed by atoms with Gasteiger partial charge in [-0.15, -0.1) is 0 Å². The topological polar surface area (TPSA) is 94.7 Å². The van der Waals surface area contributed by atoms with Crippen LogP contribution in [0.5, 0.6) is 11.5 Å². The Kier molecular flexibility index (Phi) is 4.89. The number of hydrogen-bond donors (Lipinski definition) is 2. The smallest absolute Gasteiger partial charge is 0.365 e. The van der Waals surface area contributed by atoms with Crippen molar-refractivity contribution < 1.29 is 14.7 Å². The van der Waals surface area contributed by atoms with E-state index >= 15 is 0 Å². The minimum absolute atomic E-state index is 0.0600. The summed E-state index contributed by atoms with van der Waals surface area (Å²) < 4.78 is 11.8. The molecule has 8 nitrogen and oxygen atoms in total. The summed E-state index contributed by atoms with van der Waals surface area (Å²) in [6, 6.07) is 14.1. The van der Waals surface area contributed by atoms with Crippen LogP contribution >= 0.6 is 0 Å². The molecule has 140 valence electrons. The average Bonchev–Trinajstić information content (AvgIpc) is 2.70. The molecule has 0 bridgehead atoms. The number of methoxy groups -OCH3 is 2. The van der Waals surface area contributed by atoms with E-state index in [2.05, 4.69) is 5.32 Å². The summed E-state index contributed by atoms with van der Waals surface area (Å²) in [7, 11) is 4.64. The summed E-state index contributed by atoms with van der Waals surface area (Å²) in [4.78, 5) is 23.4. The predicted octanol–water partition coefficient (Wildman–Crippen LogP) is 2.21. The van der Waals surface area contributed by atoms with Crippen LogP contribution in [0, 0.1) is 0 Å². The highest BCUT2D eigenvalue weighted by Gasteiger charge is 2.08. The molecule has 2 N–H and O–H groups in total. The largest absolute Gasteiger partial charge is 0.497 e. The summed E-state index contributed by atoms with van der Waals surface area (Å²) >= 11 is 0. The average molecular weight is 369 g/mol. The van der Waals surface area contributed by atoms with Crippen LogP contribution < -0.4 is 26.0 Å². The standard InChI is InChI=1S/C19H19N3O5/c1-21-17(11-18(23)22(25)19(21)24)20-14-6-4-12(5-7-14)13-8-15(26-2)10-16(9-13)27-3/h4-11,20,25H,1-3H3. The second kappa shape index (κ2) is 7.28. The minimum atomic E-state index is -0.829. The SMILES string of the molecule is COc1cc(OC)cc(-c2ccc(Nc3cc(=O)n(O)c(=O)n3C)cc2)c1. The Hall–Kier alpha value is -3.68. The molecule has 3 aromatic rings. The van der Waals surface area contributed by atoms with Crippen molar-refractivity contribution in [3.8, 4) is 22.6 Å². The van der Waals surface area contributed by atoms with Crippen molar-refractivity contribution in [2.45, 2.75) is 0 Å². The molecule has 27 heavy (non-hydrogen) atoms. The molecule has 8 heteroatoms. The van der Waals surface area contributed by atoms with Crippen LogP contribution in [0.25, 0.3) is 11.1 Å². The van der Waals surface area contributed by atoms with Gasteiger partial charge in [-0.1, -0.05) is 16.9 Å². The number of rotatable bonds is 5. The van der Waals surface area contributed by atoms with Crippen molar-refractivity contribution >= 4 is 11.5 Å². The molecule has 0 aliphatic carbocycles. The Morgan fingerprint density at radius 3 is 2.04 bits per heavy atom. The van der Waals surface area contributed by atoms with Crippen LogP contribution in [0.4, 0.5) is 11.5 Å². The number of benzene rings is 2. The zero-order valence-electron chi connectivity index (χ0n) is 15.1. The highest BCUT2D eigenvalue weighted by Crippen LogP contribution is 2.30. The molecule has 2 aromatic carbocycles. The number of aromatic nitrogens is 2. The van der Waals surface area contributed by atoms with Crippen LogP contribution in [0.15, 0.2) is 58.1 Å². The predicted molar refractivity (Wildman–Crippen MR) is 101 cm³/mol. The fraction of sp³-hybridized carbons (Fsp3) is 0.158. The first-order valence-corrected chi connectivity index (χ1v) is 8.06. The van der Waals surface area contributed by atoms with E-state index in [1.807, 2.05) is 36.4 Å². The number of nitrogens with zero attached hydrogens (tertiary/aromatic N) is 2. The van der Waals surface area contributed by atoms with Gasteiger partial charge in [0.25, 0.3) is 5.56 Å². The molecule has 0 radical (unpaired) electrons. The van der Waals surface area contributed by atoms with Gasteiger partial charge in [0, 0.05) is 24.9 Å². The summed E-state index contributed by atoms with van der Waals surface area (Å²) in [5.41, 5.74) is 0.912. The zero-order chi connectivity index (χ0) is 19.6. The van der Waals surface area contributed by atoms with E-state index in [4.69, 9.17) is 9.47 Å². The van der Waals surface area contributed by atoms with Crippen molar-refractivity contribution in [3.63, 3.8) is 0 Å². The molecule has 1 heterocycles. The molecule has 0 saturated carbocycles. The molecule has 0 amide bonds. The van der Waals surface area contributed by atoms with Gasteiger partial charge >= 0.3 is 5.69 Å². The van der Waals surface area contributed by atoms with Crippen LogP contribution in [-0.4, -0.2) is 28.7 Å². The Morgan fingerprint density at radius 1 is 0.889 bits per heavy atom. The van der Waals surface area contributed by atoms with Crippen molar-refractivity contribution in [1.29, 1.82) is 0 Å². The third-order valence-electron chi connectivity index (χ3n) is 4.14. The highest BCUT2D eigenvalue weighted by molar-refractivity contribution is 5.70. The fourth-order valence-corrected chi connectivity index (χ4v) is 2.60. The zero-order valence-corrected chi connectivity index (χ0v) is 15.1. The molecular formula is C19H19N3O5. The van der Waals surface area contributed by atoms with Crippen LogP contribution in [0.3, 0.4) is 0 Å². The van der Waals surface area contributed by atoms with Gasteiger partial charge in [-0.2, -0.15) is 0 Å². The van der Waals surface area contributed by atoms with Gasteiger partial charge in [-0.3, -0.25) is 9.36 Å². The molecule has 0 fully saturated rings. The number of nitrogens with one attached hydrogen (secondary N) is 1. The van der Waals surface area contributed by atoms with E-state index in [-0.39, 0.29) is 10.5 Å². The lowest BCUT2D eigenvalue weighted by Crippen LogP contribution is -2.37. The first-order valence-electron chi connectivity index (χ1n) is 8.06. The molecule has 0 unspecified atom stereocenters. The first-order chi connectivity index (χ1) is 12.9. The van der Waals surface area contributed by atoms with E-state index in [1.165, 1.54) is 7.05 Å².